The van der Waals surface area contributed by atoms with Gasteiger partial charge in [0.25, 0.3) is 0 Å². The number of hydrogen-bond donors (Lipinski definition) is 0. The molecular formula is C12H15N3O. The first kappa shape index (κ1) is 10.8. The number of nitrogens with zero attached hydrogens (tertiary/aromatic N) is 3. The number of aromatic nitrogens is 2. The van der Waals surface area contributed by atoms with Crippen LogP contribution in [0.3, 0.4) is 0 Å². The van der Waals surface area contributed by atoms with E-state index in [1.165, 1.54) is 5.56 Å². The van der Waals surface area contributed by atoms with Crippen LogP contribution in [0.15, 0.2) is 35.1 Å². The Bertz CT molecular complexity index is 439. The lowest BCUT2D eigenvalue weighted by Gasteiger charge is -2.14. The molecule has 2 rings (SSSR count). The largest absolute Gasteiger partial charge is 0.361 e. The summed E-state index contributed by atoms with van der Waals surface area (Å²) in [6.45, 7) is 3.55. The van der Waals surface area contributed by atoms with E-state index in [1.807, 2.05) is 25.3 Å². The summed E-state index contributed by atoms with van der Waals surface area (Å²) in [7, 11) is 2.05. The summed E-state index contributed by atoms with van der Waals surface area (Å²) in [5, 5.41) is 3.97. The van der Waals surface area contributed by atoms with Crippen molar-refractivity contribution in [1.82, 2.24) is 15.0 Å². The summed E-state index contributed by atoms with van der Waals surface area (Å²) in [5.41, 5.74) is 2.16. The molecule has 0 N–H and O–H groups in total. The van der Waals surface area contributed by atoms with E-state index in [2.05, 4.69) is 28.2 Å². The van der Waals surface area contributed by atoms with E-state index in [4.69, 9.17) is 4.52 Å². The Morgan fingerprint density at radius 2 is 2.25 bits per heavy atom. The standard InChI is InChI=1S/C12H15N3O/c1-10-6-12(14-16-10)9-15(2)8-11-4-3-5-13-7-11/h3-7H,8-9H2,1-2H3. The minimum atomic E-state index is 0.784. The van der Waals surface area contributed by atoms with Crippen molar-refractivity contribution in [3.8, 4) is 0 Å². The monoisotopic (exact) mass is 217 g/mol. The van der Waals surface area contributed by atoms with Crippen LogP contribution in [0.5, 0.6) is 0 Å². The van der Waals surface area contributed by atoms with E-state index in [9.17, 15) is 0 Å². The lowest BCUT2D eigenvalue weighted by molar-refractivity contribution is 0.301. The van der Waals surface area contributed by atoms with Gasteiger partial charge < -0.3 is 4.52 Å². The molecular weight excluding hydrogens is 202 g/mol. The molecule has 0 fully saturated rings. The summed E-state index contributed by atoms with van der Waals surface area (Å²) < 4.78 is 5.03. The molecule has 16 heavy (non-hydrogen) atoms. The summed E-state index contributed by atoms with van der Waals surface area (Å²) in [6, 6.07) is 5.97. The van der Waals surface area contributed by atoms with Crippen LogP contribution in [0.4, 0.5) is 0 Å². The molecule has 0 aliphatic rings. The lowest BCUT2D eigenvalue weighted by Crippen LogP contribution is -2.17. The van der Waals surface area contributed by atoms with Crippen molar-refractivity contribution in [2.45, 2.75) is 20.0 Å². The fourth-order valence-corrected chi connectivity index (χ4v) is 1.63. The summed E-state index contributed by atoms with van der Waals surface area (Å²) >= 11 is 0. The van der Waals surface area contributed by atoms with Crippen LogP contribution in [0.25, 0.3) is 0 Å². The molecule has 0 saturated carbocycles. The zero-order valence-corrected chi connectivity index (χ0v) is 9.55. The van der Waals surface area contributed by atoms with Crippen LogP contribution >= 0.6 is 0 Å². The van der Waals surface area contributed by atoms with Gasteiger partial charge in [0.15, 0.2) is 0 Å². The van der Waals surface area contributed by atoms with Crippen LogP contribution in [-0.2, 0) is 13.1 Å². The van der Waals surface area contributed by atoms with Gasteiger partial charge in [0.05, 0.1) is 5.69 Å². The molecule has 0 unspecified atom stereocenters. The van der Waals surface area contributed by atoms with E-state index < -0.39 is 0 Å². The Morgan fingerprint density at radius 3 is 2.88 bits per heavy atom. The molecule has 0 bridgehead atoms. The fraction of sp³-hybridized carbons (Fsp3) is 0.333. The molecule has 0 aromatic carbocycles. The van der Waals surface area contributed by atoms with Crippen LogP contribution in [-0.4, -0.2) is 22.1 Å². The topological polar surface area (TPSA) is 42.2 Å². The fourth-order valence-electron chi connectivity index (χ4n) is 1.63. The van der Waals surface area contributed by atoms with E-state index in [1.54, 1.807) is 6.20 Å². The van der Waals surface area contributed by atoms with Gasteiger partial charge in [-0.25, -0.2) is 0 Å². The predicted molar refractivity (Wildman–Crippen MR) is 60.6 cm³/mol. The Balaban J connectivity index is 1.92. The van der Waals surface area contributed by atoms with E-state index in [0.717, 1.165) is 24.5 Å². The summed E-state index contributed by atoms with van der Waals surface area (Å²) in [6.07, 6.45) is 3.66. The number of rotatable bonds is 4. The highest BCUT2D eigenvalue weighted by molar-refractivity contribution is 5.09. The smallest absolute Gasteiger partial charge is 0.133 e. The molecule has 0 saturated heterocycles. The Morgan fingerprint density at radius 1 is 1.38 bits per heavy atom. The third-order valence-electron chi connectivity index (χ3n) is 2.28. The van der Waals surface area contributed by atoms with Crippen molar-refractivity contribution in [2.75, 3.05) is 7.05 Å². The second-order valence-corrected chi connectivity index (χ2v) is 3.96. The molecule has 2 aromatic rings. The van der Waals surface area contributed by atoms with Crippen LogP contribution in [0.2, 0.25) is 0 Å². The SMILES string of the molecule is Cc1cc(CN(C)Cc2cccnc2)no1. The third-order valence-corrected chi connectivity index (χ3v) is 2.28. The van der Waals surface area contributed by atoms with Crippen molar-refractivity contribution >= 4 is 0 Å². The van der Waals surface area contributed by atoms with Crippen LogP contribution < -0.4 is 0 Å². The highest BCUT2D eigenvalue weighted by atomic mass is 16.5. The molecule has 4 nitrogen and oxygen atoms in total. The van der Waals surface area contributed by atoms with Crippen molar-refractivity contribution in [3.63, 3.8) is 0 Å². The maximum absolute atomic E-state index is 5.03. The molecule has 0 aliphatic carbocycles. The van der Waals surface area contributed by atoms with Gasteiger partial charge in [-0.2, -0.15) is 0 Å². The molecule has 0 aliphatic heterocycles. The molecule has 0 amide bonds. The Labute approximate surface area is 94.9 Å². The minimum Gasteiger partial charge on any atom is -0.361 e. The molecule has 4 heteroatoms. The van der Waals surface area contributed by atoms with Crippen molar-refractivity contribution in [1.29, 1.82) is 0 Å². The zero-order chi connectivity index (χ0) is 11.4. The summed E-state index contributed by atoms with van der Waals surface area (Å²) in [5.74, 6) is 0.852. The van der Waals surface area contributed by atoms with Crippen molar-refractivity contribution < 1.29 is 4.52 Å². The summed E-state index contributed by atoms with van der Waals surface area (Å²) in [4.78, 5) is 6.26. The zero-order valence-electron chi connectivity index (χ0n) is 9.55. The van der Waals surface area contributed by atoms with Crippen molar-refractivity contribution in [3.05, 3.63) is 47.6 Å². The van der Waals surface area contributed by atoms with Crippen LogP contribution in [0, 0.1) is 6.92 Å². The van der Waals surface area contributed by atoms with Gasteiger partial charge in [0.2, 0.25) is 0 Å². The minimum absolute atomic E-state index is 0.784. The third kappa shape index (κ3) is 2.90. The van der Waals surface area contributed by atoms with Gasteiger partial charge in [-0.05, 0) is 25.6 Å². The van der Waals surface area contributed by atoms with E-state index >= 15 is 0 Å². The second-order valence-electron chi connectivity index (χ2n) is 3.96. The second kappa shape index (κ2) is 4.90. The van der Waals surface area contributed by atoms with Gasteiger partial charge in [-0.3, -0.25) is 9.88 Å². The maximum atomic E-state index is 5.03. The van der Waals surface area contributed by atoms with Crippen LogP contribution in [0.1, 0.15) is 17.0 Å². The quantitative estimate of drug-likeness (QED) is 0.785. The van der Waals surface area contributed by atoms with Gasteiger partial charge in [-0.1, -0.05) is 11.2 Å². The molecule has 0 radical (unpaired) electrons. The highest BCUT2D eigenvalue weighted by Crippen LogP contribution is 2.07. The Hall–Kier alpha value is -1.68. The van der Waals surface area contributed by atoms with Crippen molar-refractivity contribution in [2.24, 2.45) is 0 Å². The van der Waals surface area contributed by atoms with Gasteiger partial charge in [0, 0.05) is 31.5 Å². The first-order chi connectivity index (χ1) is 7.74. The molecule has 0 atom stereocenters. The number of pyridine rings is 1. The Kier molecular flexibility index (Phi) is 3.31. The van der Waals surface area contributed by atoms with E-state index in [0.29, 0.717) is 0 Å². The van der Waals surface area contributed by atoms with Gasteiger partial charge in [0.1, 0.15) is 5.76 Å². The first-order valence-corrected chi connectivity index (χ1v) is 5.23. The number of aryl methyl sites for hydroxylation is 1. The first-order valence-electron chi connectivity index (χ1n) is 5.23. The molecule has 2 heterocycles. The van der Waals surface area contributed by atoms with E-state index in [-0.39, 0.29) is 0 Å². The normalized spacial score (nSPS) is 10.9. The van der Waals surface area contributed by atoms with Gasteiger partial charge in [-0.15, -0.1) is 0 Å². The molecule has 0 spiro atoms. The molecule has 2 aromatic heterocycles. The maximum Gasteiger partial charge on any atom is 0.133 e. The predicted octanol–water partition coefficient (Wildman–Crippen LogP) is 2.01. The highest BCUT2D eigenvalue weighted by Gasteiger charge is 2.05. The lowest BCUT2D eigenvalue weighted by atomic mass is 10.2. The van der Waals surface area contributed by atoms with Gasteiger partial charge >= 0.3 is 0 Å². The molecule has 84 valence electrons. The average Bonchev–Trinajstić information content (AvgIpc) is 2.65. The average molecular weight is 217 g/mol. The number of hydrogen-bond acceptors (Lipinski definition) is 4.